The Bertz CT molecular complexity index is 524. The fraction of sp³-hybridized carbons (Fsp3) is 0.357. The molecular formula is C14H17N3. The van der Waals surface area contributed by atoms with Gasteiger partial charge in [-0.2, -0.15) is 0 Å². The summed E-state index contributed by atoms with van der Waals surface area (Å²) in [6, 6.07) is 9.17. The van der Waals surface area contributed by atoms with Gasteiger partial charge in [0.2, 0.25) is 0 Å². The third kappa shape index (κ3) is 1.98. The van der Waals surface area contributed by atoms with Gasteiger partial charge in [0.05, 0.1) is 18.2 Å². The number of benzene rings is 1. The first kappa shape index (κ1) is 10.5. The predicted octanol–water partition coefficient (Wildman–Crippen LogP) is 2.90. The summed E-state index contributed by atoms with van der Waals surface area (Å²) in [4.78, 5) is 4.27. The second kappa shape index (κ2) is 4.00. The summed E-state index contributed by atoms with van der Waals surface area (Å²) in [5.41, 5.74) is 9.51. The molecule has 0 spiro atoms. The van der Waals surface area contributed by atoms with Crippen LogP contribution in [0.5, 0.6) is 0 Å². The molecule has 3 heteroatoms. The Labute approximate surface area is 101 Å². The standard InChI is InChI=1S/C14H17N3/c1-10(15)11-3-2-4-12(7-11)14-8-16-9-17(14)13-5-6-13/h2-4,7-10,13H,5-6,15H2,1H3. The summed E-state index contributed by atoms with van der Waals surface area (Å²) in [6.45, 7) is 2.01. The normalized spacial score (nSPS) is 17.1. The maximum Gasteiger partial charge on any atom is 0.0953 e. The van der Waals surface area contributed by atoms with Crippen molar-refractivity contribution in [3.8, 4) is 11.3 Å². The molecule has 0 saturated heterocycles. The molecule has 0 radical (unpaired) electrons. The van der Waals surface area contributed by atoms with E-state index in [1.165, 1.54) is 29.7 Å². The van der Waals surface area contributed by atoms with Crippen molar-refractivity contribution >= 4 is 0 Å². The molecule has 1 unspecified atom stereocenters. The SMILES string of the molecule is CC(N)c1cccc(-c2cncn2C2CC2)c1. The fourth-order valence-corrected chi connectivity index (χ4v) is 2.15. The lowest BCUT2D eigenvalue weighted by Crippen LogP contribution is -2.05. The number of aromatic nitrogens is 2. The maximum absolute atomic E-state index is 5.92. The third-order valence-electron chi connectivity index (χ3n) is 3.31. The van der Waals surface area contributed by atoms with E-state index in [0.717, 1.165) is 0 Å². The first-order valence-electron chi connectivity index (χ1n) is 6.13. The van der Waals surface area contributed by atoms with Crippen LogP contribution in [0.15, 0.2) is 36.8 Å². The zero-order chi connectivity index (χ0) is 11.8. The van der Waals surface area contributed by atoms with Crippen LogP contribution in [0.25, 0.3) is 11.3 Å². The van der Waals surface area contributed by atoms with Crippen molar-refractivity contribution in [2.24, 2.45) is 5.73 Å². The average molecular weight is 227 g/mol. The van der Waals surface area contributed by atoms with Crippen molar-refractivity contribution in [1.82, 2.24) is 9.55 Å². The Morgan fingerprint density at radius 1 is 1.41 bits per heavy atom. The van der Waals surface area contributed by atoms with E-state index < -0.39 is 0 Å². The van der Waals surface area contributed by atoms with Gasteiger partial charge in [0.15, 0.2) is 0 Å². The van der Waals surface area contributed by atoms with Crippen LogP contribution in [0.3, 0.4) is 0 Å². The molecule has 1 heterocycles. The summed E-state index contributed by atoms with van der Waals surface area (Å²) in [5.74, 6) is 0. The summed E-state index contributed by atoms with van der Waals surface area (Å²) < 4.78 is 2.28. The number of imidazole rings is 1. The Morgan fingerprint density at radius 3 is 2.94 bits per heavy atom. The second-order valence-electron chi connectivity index (χ2n) is 4.83. The van der Waals surface area contributed by atoms with Crippen LogP contribution in [-0.2, 0) is 0 Å². The van der Waals surface area contributed by atoms with E-state index in [2.05, 4.69) is 33.8 Å². The lowest BCUT2D eigenvalue weighted by atomic mass is 10.0. The van der Waals surface area contributed by atoms with E-state index in [-0.39, 0.29) is 6.04 Å². The molecule has 2 N–H and O–H groups in total. The van der Waals surface area contributed by atoms with Gasteiger partial charge in [0.25, 0.3) is 0 Å². The molecule has 1 aliphatic rings. The number of hydrogen-bond acceptors (Lipinski definition) is 2. The van der Waals surface area contributed by atoms with E-state index >= 15 is 0 Å². The Kier molecular flexibility index (Phi) is 2.48. The zero-order valence-electron chi connectivity index (χ0n) is 10.0. The van der Waals surface area contributed by atoms with Crippen molar-refractivity contribution in [3.05, 3.63) is 42.4 Å². The van der Waals surface area contributed by atoms with E-state index in [1.807, 2.05) is 19.4 Å². The van der Waals surface area contributed by atoms with Crippen molar-refractivity contribution in [3.63, 3.8) is 0 Å². The van der Waals surface area contributed by atoms with Gasteiger partial charge in [0.1, 0.15) is 0 Å². The molecule has 3 rings (SSSR count). The van der Waals surface area contributed by atoms with Gasteiger partial charge in [-0.3, -0.25) is 0 Å². The first-order valence-corrected chi connectivity index (χ1v) is 6.13. The molecule has 1 aromatic heterocycles. The van der Waals surface area contributed by atoms with Gasteiger partial charge in [-0.05, 0) is 31.4 Å². The zero-order valence-corrected chi connectivity index (χ0v) is 10.0. The predicted molar refractivity (Wildman–Crippen MR) is 68.5 cm³/mol. The van der Waals surface area contributed by atoms with Gasteiger partial charge in [-0.1, -0.05) is 18.2 Å². The van der Waals surface area contributed by atoms with Gasteiger partial charge in [-0.25, -0.2) is 4.98 Å². The minimum Gasteiger partial charge on any atom is -0.328 e. The Hall–Kier alpha value is -1.61. The number of hydrogen-bond donors (Lipinski definition) is 1. The van der Waals surface area contributed by atoms with Gasteiger partial charge in [-0.15, -0.1) is 0 Å². The topological polar surface area (TPSA) is 43.8 Å². The summed E-state index contributed by atoms with van der Waals surface area (Å²) in [7, 11) is 0. The summed E-state index contributed by atoms with van der Waals surface area (Å²) in [5, 5.41) is 0. The van der Waals surface area contributed by atoms with Crippen LogP contribution in [0.2, 0.25) is 0 Å². The lowest BCUT2D eigenvalue weighted by Gasteiger charge is -2.10. The van der Waals surface area contributed by atoms with Gasteiger partial charge < -0.3 is 10.3 Å². The Balaban J connectivity index is 2.02. The molecule has 1 fully saturated rings. The highest BCUT2D eigenvalue weighted by atomic mass is 15.1. The highest BCUT2D eigenvalue weighted by Gasteiger charge is 2.25. The van der Waals surface area contributed by atoms with Crippen LogP contribution in [0.1, 0.15) is 37.4 Å². The molecule has 0 bridgehead atoms. The second-order valence-corrected chi connectivity index (χ2v) is 4.83. The molecule has 3 nitrogen and oxygen atoms in total. The summed E-state index contributed by atoms with van der Waals surface area (Å²) in [6.07, 6.45) is 6.43. The Morgan fingerprint density at radius 2 is 2.24 bits per heavy atom. The molecule has 88 valence electrons. The van der Waals surface area contributed by atoms with E-state index in [9.17, 15) is 0 Å². The lowest BCUT2D eigenvalue weighted by molar-refractivity contribution is 0.747. The maximum atomic E-state index is 5.92. The molecule has 1 atom stereocenters. The molecular weight excluding hydrogens is 210 g/mol. The van der Waals surface area contributed by atoms with Crippen LogP contribution in [0, 0.1) is 0 Å². The first-order chi connectivity index (χ1) is 8.25. The van der Waals surface area contributed by atoms with Crippen LogP contribution < -0.4 is 5.73 Å². The largest absolute Gasteiger partial charge is 0.328 e. The van der Waals surface area contributed by atoms with E-state index in [4.69, 9.17) is 5.73 Å². The van der Waals surface area contributed by atoms with Crippen molar-refractivity contribution < 1.29 is 0 Å². The molecule has 1 aromatic carbocycles. The smallest absolute Gasteiger partial charge is 0.0953 e. The van der Waals surface area contributed by atoms with Gasteiger partial charge in [0, 0.05) is 17.6 Å². The average Bonchev–Trinajstić information content (AvgIpc) is 3.07. The van der Waals surface area contributed by atoms with Gasteiger partial charge >= 0.3 is 0 Å². The van der Waals surface area contributed by atoms with Crippen molar-refractivity contribution in [1.29, 1.82) is 0 Å². The highest BCUT2D eigenvalue weighted by molar-refractivity contribution is 5.60. The molecule has 0 amide bonds. The van der Waals surface area contributed by atoms with E-state index in [0.29, 0.717) is 6.04 Å². The fourth-order valence-electron chi connectivity index (χ4n) is 2.15. The van der Waals surface area contributed by atoms with Crippen LogP contribution in [-0.4, -0.2) is 9.55 Å². The van der Waals surface area contributed by atoms with Crippen LogP contribution in [0.4, 0.5) is 0 Å². The molecule has 1 aliphatic carbocycles. The third-order valence-corrected chi connectivity index (χ3v) is 3.31. The minimum atomic E-state index is 0.0762. The molecule has 17 heavy (non-hydrogen) atoms. The molecule has 1 saturated carbocycles. The van der Waals surface area contributed by atoms with Crippen molar-refractivity contribution in [2.75, 3.05) is 0 Å². The van der Waals surface area contributed by atoms with Crippen LogP contribution >= 0.6 is 0 Å². The van der Waals surface area contributed by atoms with Crippen molar-refractivity contribution in [2.45, 2.75) is 31.8 Å². The molecule has 0 aliphatic heterocycles. The highest BCUT2D eigenvalue weighted by Crippen LogP contribution is 2.38. The molecule has 2 aromatic rings. The number of nitrogens with two attached hydrogens (primary N) is 1. The minimum absolute atomic E-state index is 0.0762. The number of nitrogens with zero attached hydrogens (tertiary/aromatic N) is 2. The monoisotopic (exact) mass is 227 g/mol. The van der Waals surface area contributed by atoms with E-state index in [1.54, 1.807) is 0 Å². The summed E-state index contributed by atoms with van der Waals surface area (Å²) >= 11 is 0. The quantitative estimate of drug-likeness (QED) is 0.876. The number of rotatable bonds is 3.